The first kappa shape index (κ1) is 11.4. The molecule has 1 aliphatic heterocycles. The Morgan fingerprint density at radius 3 is 2.69 bits per heavy atom. The van der Waals surface area contributed by atoms with Gasteiger partial charge in [0.25, 0.3) is 0 Å². The zero-order valence-electron chi connectivity index (χ0n) is 8.81. The maximum absolute atomic E-state index is 10.9. The van der Waals surface area contributed by atoms with E-state index in [1.165, 1.54) is 0 Å². The summed E-state index contributed by atoms with van der Waals surface area (Å²) in [7, 11) is 1.95. The summed E-state index contributed by atoms with van der Waals surface area (Å²) in [5.41, 5.74) is 1.18. The molecule has 1 N–H and O–H groups in total. The summed E-state index contributed by atoms with van der Waals surface area (Å²) in [5.74, 6) is -0.916. The van der Waals surface area contributed by atoms with Crippen LogP contribution < -0.4 is 4.90 Å². The van der Waals surface area contributed by atoms with Gasteiger partial charge in [-0.25, -0.2) is 4.79 Å². The Hall–Kier alpha value is -1.07. The van der Waals surface area contributed by atoms with Crippen molar-refractivity contribution in [2.45, 2.75) is 6.04 Å². The summed E-state index contributed by atoms with van der Waals surface area (Å²) in [6.45, 7) is 1.40. The minimum Gasteiger partial charge on any atom is -0.478 e. The van der Waals surface area contributed by atoms with Gasteiger partial charge in [-0.15, -0.1) is 0 Å². The highest BCUT2D eigenvalue weighted by atomic mass is 79.9. The third-order valence-electron chi connectivity index (χ3n) is 2.70. The average molecular weight is 286 g/mol. The van der Waals surface area contributed by atoms with Crippen molar-refractivity contribution in [1.82, 2.24) is 0 Å². The van der Waals surface area contributed by atoms with Gasteiger partial charge in [0.1, 0.15) is 0 Å². The van der Waals surface area contributed by atoms with Crippen molar-refractivity contribution in [3.8, 4) is 0 Å². The van der Waals surface area contributed by atoms with Gasteiger partial charge >= 0.3 is 5.97 Å². The number of hydrogen-bond acceptors (Lipinski definition) is 3. The van der Waals surface area contributed by atoms with E-state index in [-0.39, 0.29) is 5.56 Å². The first-order valence-electron chi connectivity index (χ1n) is 4.92. The molecule has 86 valence electrons. The van der Waals surface area contributed by atoms with Gasteiger partial charge in [-0.05, 0) is 18.2 Å². The Morgan fingerprint density at radius 1 is 1.50 bits per heavy atom. The number of hydrogen-bond donors (Lipinski definition) is 1. The quantitative estimate of drug-likeness (QED) is 0.923. The number of carboxylic acids is 1. The van der Waals surface area contributed by atoms with Crippen molar-refractivity contribution in [3.05, 3.63) is 28.2 Å². The smallest absolute Gasteiger partial charge is 0.335 e. The second-order valence-electron chi connectivity index (χ2n) is 3.81. The highest BCUT2D eigenvalue weighted by molar-refractivity contribution is 9.10. The van der Waals surface area contributed by atoms with E-state index in [0.29, 0.717) is 19.3 Å². The van der Waals surface area contributed by atoms with Gasteiger partial charge in [0.2, 0.25) is 0 Å². The molecular weight excluding hydrogens is 274 g/mol. The van der Waals surface area contributed by atoms with E-state index >= 15 is 0 Å². The predicted molar refractivity (Wildman–Crippen MR) is 64.1 cm³/mol. The van der Waals surface area contributed by atoms with Crippen molar-refractivity contribution in [2.75, 3.05) is 25.2 Å². The van der Waals surface area contributed by atoms with Crippen LogP contribution in [0.2, 0.25) is 0 Å². The maximum atomic E-state index is 10.9. The number of halogens is 1. The highest BCUT2D eigenvalue weighted by Crippen LogP contribution is 2.25. The molecule has 4 nitrogen and oxygen atoms in total. The maximum Gasteiger partial charge on any atom is 0.335 e. The third-order valence-corrected chi connectivity index (χ3v) is 3.16. The Labute approximate surface area is 102 Å². The van der Waals surface area contributed by atoms with Gasteiger partial charge in [0, 0.05) is 17.2 Å². The number of carboxylic acid groups (broad SMARTS) is 1. The summed E-state index contributed by atoms with van der Waals surface area (Å²) in [6, 6.07) is 5.52. The number of carbonyl (C=O) groups is 1. The van der Waals surface area contributed by atoms with E-state index in [1.807, 2.05) is 18.0 Å². The molecule has 1 aromatic rings. The standard InChI is InChI=1S/C11H12BrNO3/c1-13(10-5-16-6-10)9-3-7(11(14)15)2-8(12)4-9/h2-4,10H,5-6H2,1H3,(H,14,15). The minimum absolute atomic E-state index is 0.288. The molecule has 0 atom stereocenters. The van der Waals surface area contributed by atoms with Crippen LogP contribution in [0.5, 0.6) is 0 Å². The van der Waals surface area contributed by atoms with Crippen molar-refractivity contribution in [1.29, 1.82) is 0 Å². The molecule has 0 bridgehead atoms. The number of anilines is 1. The second kappa shape index (κ2) is 4.43. The number of ether oxygens (including phenoxy) is 1. The third kappa shape index (κ3) is 2.20. The molecule has 0 radical (unpaired) electrons. The van der Waals surface area contributed by atoms with Gasteiger partial charge in [0.15, 0.2) is 0 Å². The molecule has 1 heterocycles. The van der Waals surface area contributed by atoms with Crippen LogP contribution >= 0.6 is 15.9 Å². The van der Waals surface area contributed by atoms with Crippen molar-refractivity contribution >= 4 is 27.6 Å². The van der Waals surface area contributed by atoms with Crippen LogP contribution in [-0.4, -0.2) is 37.4 Å². The molecule has 5 heteroatoms. The summed E-state index contributed by atoms with van der Waals surface area (Å²) < 4.78 is 5.89. The fourth-order valence-electron chi connectivity index (χ4n) is 1.56. The van der Waals surface area contributed by atoms with Gasteiger partial charge in [0.05, 0.1) is 24.8 Å². The van der Waals surface area contributed by atoms with Crippen molar-refractivity contribution in [3.63, 3.8) is 0 Å². The molecule has 0 spiro atoms. The summed E-state index contributed by atoms with van der Waals surface area (Å²) >= 11 is 3.32. The van der Waals surface area contributed by atoms with Crippen molar-refractivity contribution < 1.29 is 14.6 Å². The molecule has 16 heavy (non-hydrogen) atoms. The zero-order chi connectivity index (χ0) is 11.7. The van der Waals surface area contributed by atoms with E-state index in [4.69, 9.17) is 9.84 Å². The zero-order valence-corrected chi connectivity index (χ0v) is 10.4. The number of rotatable bonds is 3. The number of nitrogens with zero attached hydrogens (tertiary/aromatic N) is 1. The van der Waals surface area contributed by atoms with Gasteiger partial charge < -0.3 is 14.7 Å². The normalized spacial score (nSPS) is 15.6. The molecule has 0 amide bonds. The van der Waals surface area contributed by atoms with E-state index in [0.717, 1.165) is 10.2 Å². The molecule has 1 fully saturated rings. The Bertz CT molecular complexity index is 418. The van der Waals surface area contributed by atoms with Crippen LogP contribution in [0.15, 0.2) is 22.7 Å². The predicted octanol–water partition coefficient (Wildman–Crippen LogP) is 1.98. The number of aromatic carboxylic acids is 1. The van der Waals surface area contributed by atoms with Crippen LogP contribution in [0.4, 0.5) is 5.69 Å². The molecule has 1 aliphatic rings. The lowest BCUT2D eigenvalue weighted by Crippen LogP contribution is -2.47. The van der Waals surface area contributed by atoms with Crippen LogP contribution in [0.3, 0.4) is 0 Å². The van der Waals surface area contributed by atoms with Crippen LogP contribution in [-0.2, 0) is 4.74 Å². The lowest BCUT2D eigenvalue weighted by molar-refractivity contribution is 0.0101. The van der Waals surface area contributed by atoms with Crippen LogP contribution in [0, 0.1) is 0 Å². The lowest BCUT2D eigenvalue weighted by atomic mass is 10.1. The SMILES string of the molecule is CN(c1cc(Br)cc(C(=O)O)c1)C1COC1. The van der Waals surface area contributed by atoms with Gasteiger partial charge in [-0.3, -0.25) is 0 Å². The van der Waals surface area contributed by atoms with E-state index < -0.39 is 5.97 Å². The fourth-order valence-corrected chi connectivity index (χ4v) is 2.04. The Kier molecular flexibility index (Phi) is 3.16. The lowest BCUT2D eigenvalue weighted by Gasteiger charge is -2.36. The summed E-state index contributed by atoms with van der Waals surface area (Å²) in [4.78, 5) is 13.0. The van der Waals surface area contributed by atoms with Crippen molar-refractivity contribution in [2.24, 2.45) is 0 Å². The van der Waals surface area contributed by atoms with Gasteiger partial charge in [-0.2, -0.15) is 0 Å². The number of benzene rings is 1. The molecule has 1 saturated heterocycles. The molecule has 0 aromatic heterocycles. The Morgan fingerprint density at radius 2 is 2.19 bits per heavy atom. The number of likely N-dealkylation sites (N-methyl/N-ethyl adjacent to an activating group) is 1. The molecule has 2 rings (SSSR count). The van der Waals surface area contributed by atoms with E-state index in [1.54, 1.807) is 12.1 Å². The summed E-state index contributed by atoms with van der Waals surface area (Å²) in [6.07, 6.45) is 0. The summed E-state index contributed by atoms with van der Waals surface area (Å²) in [5, 5.41) is 8.96. The Balaban J connectivity index is 2.28. The molecule has 1 aromatic carbocycles. The first-order chi connectivity index (χ1) is 7.58. The molecule has 0 unspecified atom stereocenters. The van der Waals surface area contributed by atoms with E-state index in [2.05, 4.69) is 15.9 Å². The molecule has 0 aliphatic carbocycles. The fraction of sp³-hybridized carbons (Fsp3) is 0.364. The van der Waals surface area contributed by atoms with Crippen LogP contribution in [0.25, 0.3) is 0 Å². The van der Waals surface area contributed by atoms with Crippen LogP contribution in [0.1, 0.15) is 10.4 Å². The largest absolute Gasteiger partial charge is 0.478 e. The second-order valence-corrected chi connectivity index (χ2v) is 4.72. The van der Waals surface area contributed by atoms with Gasteiger partial charge in [-0.1, -0.05) is 15.9 Å². The minimum atomic E-state index is -0.916. The average Bonchev–Trinajstić information content (AvgIpc) is 2.13. The highest BCUT2D eigenvalue weighted by Gasteiger charge is 2.24. The molecular formula is C11H12BrNO3. The first-order valence-corrected chi connectivity index (χ1v) is 5.71. The molecule has 0 saturated carbocycles. The topological polar surface area (TPSA) is 49.8 Å². The van der Waals surface area contributed by atoms with E-state index in [9.17, 15) is 4.79 Å². The monoisotopic (exact) mass is 285 g/mol.